The molecule has 0 bridgehead atoms. The van der Waals surface area contributed by atoms with Crippen LogP contribution in [0.5, 0.6) is 0 Å². The second kappa shape index (κ2) is 6.60. The normalized spacial score (nSPS) is 15.9. The fraction of sp³-hybridized carbons (Fsp3) is 0.643. The van der Waals surface area contributed by atoms with E-state index in [1.165, 1.54) is 17.2 Å². The van der Waals surface area contributed by atoms with Crippen LogP contribution in [0.25, 0.3) is 0 Å². The predicted molar refractivity (Wildman–Crippen MR) is 80.1 cm³/mol. The van der Waals surface area contributed by atoms with Crippen molar-refractivity contribution in [3.63, 3.8) is 0 Å². The minimum atomic E-state index is -0.608. The third-order valence-corrected chi connectivity index (χ3v) is 3.88. The van der Waals surface area contributed by atoms with Crippen molar-refractivity contribution in [1.29, 1.82) is 0 Å². The van der Waals surface area contributed by atoms with Gasteiger partial charge in [0, 0.05) is 18.8 Å². The zero-order valence-corrected chi connectivity index (χ0v) is 12.3. The Kier molecular flexibility index (Phi) is 4.82. The lowest BCUT2D eigenvalue weighted by Crippen LogP contribution is -2.46. The zero-order valence-electron chi connectivity index (χ0n) is 12.3. The van der Waals surface area contributed by atoms with Gasteiger partial charge in [0.25, 0.3) is 5.56 Å². The highest BCUT2D eigenvalue weighted by Crippen LogP contribution is 2.17. The molecule has 0 saturated heterocycles. The maximum Gasteiger partial charge on any atom is 0.331 e. The number of nitrogen functional groups attached to an aromatic ring is 1. The van der Waals surface area contributed by atoms with Crippen LogP contribution in [0.1, 0.15) is 39.0 Å². The van der Waals surface area contributed by atoms with Gasteiger partial charge in [-0.1, -0.05) is 19.3 Å². The summed E-state index contributed by atoms with van der Waals surface area (Å²) in [6.07, 6.45) is 6.63. The summed E-state index contributed by atoms with van der Waals surface area (Å²) in [4.78, 5) is 36.1. The largest absolute Gasteiger partial charge is 0.393 e. The Bertz CT molecular complexity index is 626. The van der Waals surface area contributed by atoms with Crippen LogP contribution >= 0.6 is 0 Å². The van der Waals surface area contributed by atoms with Gasteiger partial charge in [-0.25, -0.2) is 9.36 Å². The Hall–Kier alpha value is -2.05. The molecule has 0 unspecified atom stereocenters. The molecular formula is C14H22N4O3. The van der Waals surface area contributed by atoms with E-state index in [4.69, 9.17) is 5.73 Å². The van der Waals surface area contributed by atoms with E-state index >= 15 is 0 Å². The van der Waals surface area contributed by atoms with Gasteiger partial charge in [0.15, 0.2) is 0 Å². The Morgan fingerprint density at radius 2 is 2.00 bits per heavy atom. The number of nitrogens with zero attached hydrogens (tertiary/aromatic N) is 2. The number of aromatic nitrogens is 2. The highest BCUT2D eigenvalue weighted by atomic mass is 16.2. The summed E-state index contributed by atoms with van der Waals surface area (Å²) >= 11 is 0. The number of nitrogens with two attached hydrogens (primary N) is 1. The van der Waals surface area contributed by atoms with Gasteiger partial charge >= 0.3 is 5.69 Å². The highest BCUT2D eigenvalue weighted by molar-refractivity contribution is 5.76. The molecule has 1 amide bonds. The lowest BCUT2D eigenvalue weighted by atomic mass is 9.95. The molecule has 0 aliphatic heterocycles. The maximum atomic E-state index is 12.1. The van der Waals surface area contributed by atoms with E-state index < -0.39 is 11.2 Å². The molecule has 1 aliphatic carbocycles. The summed E-state index contributed by atoms with van der Waals surface area (Å²) in [5, 5.41) is 2.89. The van der Waals surface area contributed by atoms with Crippen LogP contribution in [0.2, 0.25) is 0 Å². The number of rotatable bonds is 4. The van der Waals surface area contributed by atoms with Gasteiger partial charge in [0.1, 0.15) is 12.2 Å². The van der Waals surface area contributed by atoms with Gasteiger partial charge in [-0.15, -0.1) is 0 Å². The van der Waals surface area contributed by atoms with Gasteiger partial charge in [-0.3, -0.25) is 14.2 Å². The van der Waals surface area contributed by atoms with Crippen molar-refractivity contribution >= 4 is 11.6 Å². The van der Waals surface area contributed by atoms with E-state index in [9.17, 15) is 14.4 Å². The van der Waals surface area contributed by atoms with E-state index in [0.29, 0.717) is 6.54 Å². The number of amides is 1. The van der Waals surface area contributed by atoms with Crippen LogP contribution in [-0.2, 0) is 17.9 Å². The monoisotopic (exact) mass is 294 g/mol. The third-order valence-electron chi connectivity index (χ3n) is 3.88. The van der Waals surface area contributed by atoms with Crippen molar-refractivity contribution in [2.24, 2.45) is 0 Å². The molecule has 2 rings (SSSR count). The third kappa shape index (κ3) is 3.53. The summed E-state index contributed by atoms with van der Waals surface area (Å²) in [7, 11) is 0. The highest BCUT2D eigenvalue weighted by Gasteiger charge is 2.17. The number of aryl methyl sites for hydroxylation is 1. The number of hydrogen-bond donors (Lipinski definition) is 2. The lowest BCUT2D eigenvalue weighted by molar-refractivity contribution is -0.122. The van der Waals surface area contributed by atoms with Crippen molar-refractivity contribution in [2.75, 3.05) is 5.73 Å². The summed E-state index contributed by atoms with van der Waals surface area (Å²) in [6.45, 7) is 1.89. The van der Waals surface area contributed by atoms with E-state index in [1.807, 2.05) is 0 Å². The Morgan fingerprint density at radius 3 is 2.62 bits per heavy atom. The molecule has 1 aromatic rings. The van der Waals surface area contributed by atoms with Crippen LogP contribution in [0.4, 0.5) is 5.69 Å². The molecule has 1 aromatic heterocycles. The number of anilines is 1. The van der Waals surface area contributed by atoms with Crippen molar-refractivity contribution in [3.05, 3.63) is 27.0 Å². The van der Waals surface area contributed by atoms with E-state index in [1.54, 1.807) is 6.92 Å². The number of carbonyl (C=O) groups is 1. The molecular weight excluding hydrogens is 272 g/mol. The van der Waals surface area contributed by atoms with Crippen LogP contribution in [0.15, 0.2) is 15.8 Å². The first-order valence-electron chi connectivity index (χ1n) is 7.42. The molecule has 116 valence electrons. The summed E-state index contributed by atoms with van der Waals surface area (Å²) < 4.78 is 2.22. The molecule has 0 aromatic carbocycles. The molecule has 21 heavy (non-hydrogen) atoms. The molecule has 7 heteroatoms. The molecule has 1 heterocycles. The zero-order chi connectivity index (χ0) is 15.4. The first kappa shape index (κ1) is 15.3. The summed E-state index contributed by atoms with van der Waals surface area (Å²) in [5.74, 6) is -0.311. The van der Waals surface area contributed by atoms with E-state index in [0.717, 1.165) is 30.3 Å². The average molecular weight is 294 g/mol. The predicted octanol–water partition coefficient (Wildman–Crippen LogP) is 0.0610. The summed E-state index contributed by atoms with van der Waals surface area (Å²) in [6, 6.07) is 0.149. The number of carbonyl (C=O) groups excluding carboxylic acids is 1. The SMILES string of the molecule is CCn1cc(N)c(=O)n(CC(=O)NC2CCCCC2)c1=O. The maximum absolute atomic E-state index is 12.1. The first-order chi connectivity index (χ1) is 10.0. The minimum absolute atomic E-state index is 0.0260. The van der Waals surface area contributed by atoms with E-state index in [-0.39, 0.29) is 24.2 Å². The standard InChI is InChI=1S/C14H22N4O3/c1-2-17-8-11(15)13(20)18(14(17)21)9-12(19)16-10-6-4-3-5-7-10/h8,10H,2-7,9,15H2,1H3,(H,16,19). The smallest absolute Gasteiger partial charge is 0.331 e. The molecule has 1 fully saturated rings. The Labute approximate surface area is 122 Å². The Morgan fingerprint density at radius 1 is 1.33 bits per heavy atom. The fourth-order valence-corrected chi connectivity index (χ4v) is 2.71. The molecule has 1 saturated carbocycles. The van der Waals surface area contributed by atoms with Crippen molar-refractivity contribution in [3.8, 4) is 0 Å². The number of nitrogens with one attached hydrogen (secondary N) is 1. The van der Waals surface area contributed by atoms with Crippen LogP contribution in [-0.4, -0.2) is 21.1 Å². The van der Waals surface area contributed by atoms with Crippen LogP contribution in [0, 0.1) is 0 Å². The molecule has 1 aliphatic rings. The molecule has 0 radical (unpaired) electrons. The number of hydrogen-bond acceptors (Lipinski definition) is 4. The van der Waals surface area contributed by atoms with Gasteiger partial charge in [0.2, 0.25) is 5.91 Å². The fourth-order valence-electron chi connectivity index (χ4n) is 2.71. The van der Waals surface area contributed by atoms with Crippen molar-refractivity contribution < 1.29 is 4.79 Å². The second-order valence-electron chi connectivity index (χ2n) is 5.45. The first-order valence-corrected chi connectivity index (χ1v) is 7.42. The van der Waals surface area contributed by atoms with Crippen LogP contribution in [0.3, 0.4) is 0 Å². The average Bonchev–Trinajstić information content (AvgIpc) is 2.48. The molecule has 7 nitrogen and oxygen atoms in total. The van der Waals surface area contributed by atoms with Crippen molar-refractivity contribution in [1.82, 2.24) is 14.5 Å². The van der Waals surface area contributed by atoms with Crippen molar-refractivity contribution in [2.45, 2.75) is 58.2 Å². The molecule has 0 atom stereocenters. The molecule has 3 N–H and O–H groups in total. The van der Waals surface area contributed by atoms with Gasteiger partial charge in [0.05, 0.1) is 0 Å². The summed E-state index contributed by atoms with van der Waals surface area (Å²) in [5.41, 5.74) is 4.46. The lowest BCUT2D eigenvalue weighted by Gasteiger charge is -2.22. The van der Waals surface area contributed by atoms with Crippen LogP contribution < -0.4 is 22.3 Å². The van der Waals surface area contributed by atoms with Gasteiger partial charge in [-0.2, -0.15) is 0 Å². The second-order valence-corrected chi connectivity index (χ2v) is 5.45. The van der Waals surface area contributed by atoms with Gasteiger partial charge < -0.3 is 11.1 Å². The van der Waals surface area contributed by atoms with E-state index in [2.05, 4.69) is 5.32 Å². The molecule has 0 spiro atoms. The topological polar surface area (TPSA) is 99.1 Å². The van der Waals surface area contributed by atoms with Gasteiger partial charge in [-0.05, 0) is 19.8 Å². The Balaban J connectivity index is 2.15. The quantitative estimate of drug-likeness (QED) is 0.820. The minimum Gasteiger partial charge on any atom is -0.393 e.